The third-order valence-corrected chi connectivity index (χ3v) is 4.34. The fourth-order valence-electron chi connectivity index (χ4n) is 2.87. The highest BCUT2D eigenvalue weighted by Crippen LogP contribution is 2.19. The van der Waals surface area contributed by atoms with Crippen LogP contribution in [0.1, 0.15) is 31.0 Å². The SMILES string of the molecule is CCNC(=NCc1coc(-c2ccc(C)cc2)n1)N1CCC(O)CC1. The zero-order chi connectivity index (χ0) is 17.6. The van der Waals surface area contributed by atoms with Crippen LogP contribution in [0.5, 0.6) is 0 Å². The Kier molecular flexibility index (Phi) is 5.71. The predicted molar refractivity (Wildman–Crippen MR) is 98.3 cm³/mol. The number of guanidine groups is 1. The average molecular weight is 342 g/mol. The second-order valence-corrected chi connectivity index (χ2v) is 6.40. The van der Waals surface area contributed by atoms with Crippen LogP contribution in [0.3, 0.4) is 0 Å². The van der Waals surface area contributed by atoms with Crippen molar-refractivity contribution in [2.24, 2.45) is 4.99 Å². The molecule has 0 aliphatic carbocycles. The second kappa shape index (κ2) is 8.16. The van der Waals surface area contributed by atoms with Crippen LogP contribution < -0.4 is 5.32 Å². The molecule has 1 aliphatic rings. The number of aryl methyl sites for hydroxylation is 1. The van der Waals surface area contributed by atoms with Gasteiger partial charge in [0.25, 0.3) is 0 Å². The number of likely N-dealkylation sites (tertiary alicyclic amines) is 1. The van der Waals surface area contributed by atoms with Crippen LogP contribution in [0.4, 0.5) is 0 Å². The first-order chi connectivity index (χ1) is 12.2. The van der Waals surface area contributed by atoms with E-state index in [0.29, 0.717) is 12.4 Å². The molecule has 3 rings (SSSR count). The van der Waals surface area contributed by atoms with Crippen LogP contribution in [0.2, 0.25) is 0 Å². The van der Waals surface area contributed by atoms with Crippen LogP contribution in [0.15, 0.2) is 39.9 Å². The van der Waals surface area contributed by atoms with Crippen LogP contribution in [-0.4, -0.2) is 46.7 Å². The Morgan fingerprint density at radius 3 is 2.72 bits per heavy atom. The van der Waals surface area contributed by atoms with Gasteiger partial charge in [-0.3, -0.25) is 0 Å². The zero-order valence-corrected chi connectivity index (χ0v) is 14.9. The molecule has 2 heterocycles. The Labute approximate surface area is 148 Å². The minimum absolute atomic E-state index is 0.188. The molecule has 1 aromatic heterocycles. The number of benzene rings is 1. The molecule has 6 nitrogen and oxygen atoms in total. The quantitative estimate of drug-likeness (QED) is 0.660. The number of oxazole rings is 1. The number of aliphatic imine (C=N–C) groups is 1. The summed E-state index contributed by atoms with van der Waals surface area (Å²) in [4.78, 5) is 11.4. The van der Waals surface area contributed by atoms with Crippen LogP contribution in [-0.2, 0) is 6.54 Å². The molecule has 0 spiro atoms. The van der Waals surface area contributed by atoms with E-state index in [1.807, 2.05) is 24.3 Å². The highest BCUT2D eigenvalue weighted by atomic mass is 16.3. The van der Waals surface area contributed by atoms with E-state index in [1.165, 1.54) is 5.56 Å². The van der Waals surface area contributed by atoms with Crippen molar-refractivity contribution in [1.29, 1.82) is 0 Å². The van der Waals surface area contributed by atoms with E-state index in [1.54, 1.807) is 6.26 Å². The van der Waals surface area contributed by atoms with Gasteiger partial charge in [0.05, 0.1) is 12.6 Å². The molecule has 0 atom stereocenters. The van der Waals surface area contributed by atoms with Crippen molar-refractivity contribution in [2.45, 2.75) is 39.3 Å². The molecule has 1 aliphatic heterocycles. The highest BCUT2D eigenvalue weighted by Gasteiger charge is 2.19. The fraction of sp³-hybridized carbons (Fsp3) is 0.474. The molecule has 0 saturated carbocycles. The first kappa shape index (κ1) is 17.5. The first-order valence-electron chi connectivity index (χ1n) is 8.88. The van der Waals surface area contributed by atoms with E-state index in [-0.39, 0.29) is 6.10 Å². The summed E-state index contributed by atoms with van der Waals surface area (Å²) in [6, 6.07) is 8.12. The molecule has 1 fully saturated rings. The van der Waals surface area contributed by atoms with Crippen molar-refractivity contribution >= 4 is 5.96 Å². The van der Waals surface area contributed by atoms with Crippen molar-refractivity contribution in [1.82, 2.24) is 15.2 Å². The van der Waals surface area contributed by atoms with Crippen molar-refractivity contribution in [3.8, 4) is 11.5 Å². The van der Waals surface area contributed by atoms with Crippen LogP contribution in [0, 0.1) is 6.92 Å². The average Bonchev–Trinajstić information content (AvgIpc) is 3.09. The van der Waals surface area contributed by atoms with Crippen molar-refractivity contribution < 1.29 is 9.52 Å². The molecule has 134 valence electrons. The van der Waals surface area contributed by atoms with Gasteiger partial charge in [0, 0.05) is 25.2 Å². The smallest absolute Gasteiger partial charge is 0.226 e. The molecular formula is C19H26N4O2. The Balaban J connectivity index is 1.67. The largest absolute Gasteiger partial charge is 0.444 e. The number of nitrogens with one attached hydrogen (secondary N) is 1. The molecule has 0 unspecified atom stereocenters. The first-order valence-corrected chi connectivity index (χ1v) is 8.88. The predicted octanol–water partition coefficient (Wildman–Crippen LogP) is 2.57. The monoisotopic (exact) mass is 342 g/mol. The lowest BCUT2D eigenvalue weighted by Crippen LogP contribution is -2.46. The maximum atomic E-state index is 9.67. The molecule has 1 saturated heterocycles. The van der Waals surface area contributed by atoms with Crippen molar-refractivity contribution in [2.75, 3.05) is 19.6 Å². The van der Waals surface area contributed by atoms with Crippen LogP contribution in [0.25, 0.3) is 11.5 Å². The van der Waals surface area contributed by atoms with Gasteiger partial charge in [0.15, 0.2) is 5.96 Å². The number of rotatable bonds is 4. The number of hydrogen-bond acceptors (Lipinski definition) is 4. The molecule has 2 N–H and O–H groups in total. The molecule has 6 heteroatoms. The number of aliphatic hydroxyl groups excluding tert-OH is 1. The minimum Gasteiger partial charge on any atom is -0.444 e. The summed E-state index contributed by atoms with van der Waals surface area (Å²) in [7, 11) is 0. The summed E-state index contributed by atoms with van der Waals surface area (Å²) in [6.45, 7) is 7.03. The molecule has 25 heavy (non-hydrogen) atoms. The Morgan fingerprint density at radius 1 is 1.32 bits per heavy atom. The number of aromatic nitrogens is 1. The molecule has 0 bridgehead atoms. The Morgan fingerprint density at radius 2 is 2.04 bits per heavy atom. The number of aliphatic hydroxyl groups is 1. The van der Waals surface area contributed by atoms with Gasteiger partial charge in [-0.05, 0) is 38.8 Å². The van der Waals surface area contributed by atoms with Crippen LogP contribution >= 0.6 is 0 Å². The van der Waals surface area contributed by atoms with Gasteiger partial charge in [-0.1, -0.05) is 17.7 Å². The second-order valence-electron chi connectivity index (χ2n) is 6.40. The van der Waals surface area contributed by atoms with Crippen molar-refractivity contribution in [3.63, 3.8) is 0 Å². The van der Waals surface area contributed by atoms with Gasteiger partial charge in [0.1, 0.15) is 12.0 Å². The third-order valence-electron chi connectivity index (χ3n) is 4.34. The lowest BCUT2D eigenvalue weighted by molar-refractivity contribution is 0.108. The zero-order valence-electron chi connectivity index (χ0n) is 14.9. The number of piperidine rings is 1. The molecule has 0 amide bonds. The number of nitrogens with zero attached hydrogens (tertiary/aromatic N) is 3. The summed E-state index contributed by atoms with van der Waals surface area (Å²) in [6.07, 6.45) is 3.05. The van der Waals surface area contributed by atoms with Crippen molar-refractivity contribution in [3.05, 3.63) is 41.8 Å². The fourth-order valence-corrected chi connectivity index (χ4v) is 2.87. The number of hydrogen-bond donors (Lipinski definition) is 2. The Hall–Kier alpha value is -2.34. The van der Waals surface area contributed by atoms with Gasteiger partial charge in [-0.15, -0.1) is 0 Å². The highest BCUT2D eigenvalue weighted by molar-refractivity contribution is 5.80. The van der Waals surface area contributed by atoms with E-state index < -0.39 is 0 Å². The summed E-state index contributed by atoms with van der Waals surface area (Å²) in [5.41, 5.74) is 2.99. The van der Waals surface area contributed by atoms with Gasteiger partial charge in [-0.2, -0.15) is 0 Å². The van der Waals surface area contributed by atoms with Gasteiger partial charge >= 0.3 is 0 Å². The van der Waals surface area contributed by atoms with Gasteiger partial charge in [-0.25, -0.2) is 9.98 Å². The third kappa shape index (κ3) is 4.60. The molecule has 1 aromatic carbocycles. The maximum absolute atomic E-state index is 9.67. The van der Waals surface area contributed by atoms with E-state index in [2.05, 4.69) is 34.0 Å². The lowest BCUT2D eigenvalue weighted by Gasteiger charge is -2.32. The van der Waals surface area contributed by atoms with Gasteiger partial charge < -0.3 is 19.7 Å². The van der Waals surface area contributed by atoms with E-state index in [0.717, 1.165) is 49.7 Å². The Bertz CT molecular complexity index is 700. The summed E-state index contributed by atoms with van der Waals surface area (Å²) >= 11 is 0. The standard InChI is InChI=1S/C19H26N4O2/c1-3-20-19(23-10-8-17(24)9-11-23)21-12-16-13-25-18(22-16)15-6-4-14(2)5-7-15/h4-7,13,17,24H,3,8-12H2,1-2H3,(H,20,21). The lowest BCUT2D eigenvalue weighted by atomic mass is 10.1. The molecule has 2 aromatic rings. The molecular weight excluding hydrogens is 316 g/mol. The summed E-state index contributed by atoms with van der Waals surface area (Å²) < 4.78 is 5.59. The minimum atomic E-state index is -0.188. The van der Waals surface area contributed by atoms with E-state index >= 15 is 0 Å². The summed E-state index contributed by atoms with van der Waals surface area (Å²) in [5, 5.41) is 13.0. The van der Waals surface area contributed by atoms with E-state index in [4.69, 9.17) is 4.42 Å². The van der Waals surface area contributed by atoms with E-state index in [9.17, 15) is 5.11 Å². The van der Waals surface area contributed by atoms with Gasteiger partial charge in [0.2, 0.25) is 5.89 Å². The summed E-state index contributed by atoms with van der Waals surface area (Å²) in [5.74, 6) is 1.49. The topological polar surface area (TPSA) is 73.9 Å². The normalized spacial score (nSPS) is 16.3. The molecule has 0 radical (unpaired) electrons. The maximum Gasteiger partial charge on any atom is 0.226 e.